The third-order valence-electron chi connectivity index (χ3n) is 2.24. The summed E-state index contributed by atoms with van der Waals surface area (Å²) in [7, 11) is 0. The first-order chi connectivity index (χ1) is 6.25. The number of rotatable bonds is 1. The molecule has 70 valence electrons. The maximum Gasteiger partial charge on any atom is 0.198 e. The number of aryl methyl sites for hydroxylation is 1. The van der Waals surface area contributed by atoms with Crippen molar-refractivity contribution in [1.82, 2.24) is 9.97 Å². The second-order valence-corrected chi connectivity index (χ2v) is 4.04. The van der Waals surface area contributed by atoms with Crippen molar-refractivity contribution in [1.29, 1.82) is 0 Å². The number of hydrogen-bond donors (Lipinski definition) is 0. The van der Waals surface area contributed by atoms with Gasteiger partial charge in [-0.15, -0.1) is 0 Å². The summed E-state index contributed by atoms with van der Waals surface area (Å²) < 4.78 is 0.689. The Morgan fingerprint density at radius 3 is 2.62 bits per heavy atom. The monoisotopic (exact) mass is 241 g/mol. The van der Waals surface area contributed by atoms with Gasteiger partial charge in [0.2, 0.25) is 0 Å². The number of aromatic nitrogens is 2. The molecule has 1 aromatic heterocycles. The van der Waals surface area contributed by atoms with Crippen LogP contribution < -0.4 is 4.90 Å². The summed E-state index contributed by atoms with van der Waals surface area (Å²) in [6.45, 7) is 4.25. The Labute approximate surface area is 86.3 Å². The van der Waals surface area contributed by atoms with E-state index >= 15 is 0 Å². The van der Waals surface area contributed by atoms with E-state index in [1.165, 1.54) is 12.8 Å². The van der Waals surface area contributed by atoms with Crippen molar-refractivity contribution >= 4 is 21.7 Å². The fourth-order valence-electron chi connectivity index (χ4n) is 1.62. The molecule has 1 saturated heterocycles. The minimum absolute atomic E-state index is 0.689. The zero-order chi connectivity index (χ0) is 9.26. The lowest BCUT2D eigenvalue weighted by Crippen LogP contribution is -2.19. The molecule has 1 aromatic rings. The van der Waals surface area contributed by atoms with Crippen LogP contribution in [0.3, 0.4) is 0 Å². The molecule has 0 N–H and O–H groups in total. The van der Waals surface area contributed by atoms with E-state index in [1.54, 1.807) is 0 Å². The van der Waals surface area contributed by atoms with Gasteiger partial charge in [-0.25, -0.2) is 9.97 Å². The Hall–Kier alpha value is -0.640. The molecule has 1 aliphatic rings. The molecule has 2 heterocycles. The van der Waals surface area contributed by atoms with Crippen LogP contribution in [-0.4, -0.2) is 23.1 Å². The van der Waals surface area contributed by atoms with Gasteiger partial charge in [-0.1, -0.05) is 0 Å². The van der Waals surface area contributed by atoms with E-state index in [4.69, 9.17) is 0 Å². The average Bonchev–Trinajstić information content (AvgIpc) is 2.53. The molecule has 0 bridgehead atoms. The summed E-state index contributed by atoms with van der Waals surface area (Å²) in [5, 5.41) is 0. The molecule has 0 aliphatic carbocycles. The Bertz CT molecular complexity index is 287. The van der Waals surface area contributed by atoms with Gasteiger partial charge < -0.3 is 4.90 Å². The Balaban J connectivity index is 2.28. The molecule has 4 heteroatoms. The molecule has 0 aromatic carbocycles. The normalized spacial score (nSPS) is 16.6. The SMILES string of the molecule is Cc1cc(N2CCCC2)nc(Br)n1. The van der Waals surface area contributed by atoms with Crippen molar-refractivity contribution in [3.05, 3.63) is 16.5 Å². The molecule has 1 aliphatic heterocycles. The molecule has 1 fully saturated rings. The molecule has 0 atom stereocenters. The van der Waals surface area contributed by atoms with Crippen LogP contribution in [0.1, 0.15) is 18.5 Å². The highest BCUT2D eigenvalue weighted by Gasteiger charge is 2.14. The van der Waals surface area contributed by atoms with Crippen LogP contribution in [-0.2, 0) is 0 Å². The van der Waals surface area contributed by atoms with Crippen LogP contribution in [0, 0.1) is 6.92 Å². The molecule has 0 amide bonds. The van der Waals surface area contributed by atoms with Gasteiger partial charge in [0.05, 0.1) is 0 Å². The van der Waals surface area contributed by atoms with Crippen LogP contribution in [0.5, 0.6) is 0 Å². The number of halogens is 1. The van der Waals surface area contributed by atoms with Crippen molar-refractivity contribution in [2.24, 2.45) is 0 Å². The fraction of sp³-hybridized carbons (Fsp3) is 0.556. The van der Waals surface area contributed by atoms with Crippen molar-refractivity contribution in [3.8, 4) is 0 Å². The number of anilines is 1. The van der Waals surface area contributed by atoms with Gasteiger partial charge in [0, 0.05) is 24.8 Å². The van der Waals surface area contributed by atoms with Crippen LogP contribution >= 0.6 is 15.9 Å². The van der Waals surface area contributed by atoms with Crippen molar-refractivity contribution in [2.75, 3.05) is 18.0 Å². The van der Waals surface area contributed by atoms with Crippen molar-refractivity contribution in [3.63, 3.8) is 0 Å². The molecule has 0 saturated carbocycles. The van der Waals surface area contributed by atoms with E-state index in [9.17, 15) is 0 Å². The predicted octanol–water partition coefficient (Wildman–Crippen LogP) is 2.15. The second-order valence-electron chi connectivity index (χ2n) is 3.33. The van der Waals surface area contributed by atoms with Crippen LogP contribution in [0.25, 0.3) is 0 Å². The van der Waals surface area contributed by atoms with E-state index in [0.29, 0.717) is 4.73 Å². The van der Waals surface area contributed by atoms with Crippen molar-refractivity contribution in [2.45, 2.75) is 19.8 Å². The molecular weight excluding hydrogens is 230 g/mol. The molecular formula is C9H12BrN3. The first-order valence-electron chi connectivity index (χ1n) is 4.52. The maximum absolute atomic E-state index is 4.35. The zero-order valence-corrected chi connectivity index (χ0v) is 9.21. The molecule has 3 nitrogen and oxygen atoms in total. The topological polar surface area (TPSA) is 29.0 Å². The highest BCUT2D eigenvalue weighted by Crippen LogP contribution is 2.19. The summed E-state index contributed by atoms with van der Waals surface area (Å²) in [4.78, 5) is 10.8. The lowest BCUT2D eigenvalue weighted by atomic mass is 10.4. The maximum atomic E-state index is 4.35. The van der Waals surface area contributed by atoms with Gasteiger partial charge in [0.15, 0.2) is 4.73 Å². The minimum Gasteiger partial charge on any atom is -0.356 e. The van der Waals surface area contributed by atoms with Crippen LogP contribution in [0.2, 0.25) is 0 Å². The smallest absolute Gasteiger partial charge is 0.198 e. The van der Waals surface area contributed by atoms with Gasteiger partial charge in [0.1, 0.15) is 5.82 Å². The molecule has 0 radical (unpaired) electrons. The minimum atomic E-state index is 0.689. The van der Waals surface area contributed by atoms with E-state index in [2.05, 4.69) is 30.8 Å². The Kier molecular flexibility index (Phi) is 2.49. The van der Waals surface area contributed by atoms with Crippen LogP contribution in [0.4, 0.5) is 5.82 Å². The lowest BCUT2D eigenvalue weighted by Gasteiger charge is -2.16. The molecule has 0 unspecified atom stereocenters. The first kappa shape index (κ1) is 8.94. The van der Waals surface area contributed by atoms with Gasteiger partial charge >= 0.3 is 0 Å². The predicted molar refractivity (Wildman–Crippen MR) is 55.9 cm³/mol. The summed E-state index contributed by atoms with van der Waals surface area (Å²) in [6, 6.07) is 2.04. The standard InChI is InChI=1S/C9H12BrN3/c1-7-6-8(12-9(10)11-7)13-4-2-3-5-13/h6H,2-5H2,1H3. The molecule has 2 rings (SSSR count). The molecule has 13 heavy (non-hydrogen) atoms. The number of hydrogen-bond acceptors (Lipinski definition) is 3. The summed E-state index contributed by atoms with van der Waals surface area (Å²) in [5.41, 5.74) is 1.02. The third kappa shape index (κ3) is 1.99. The van der Waals surface area contributed by atoms with Gasteiger partial charge in [-0.3, -0.25) is 0 Å². The second kappa shape index (κ2) is 3.62. The average molecular weight is 242 g/mol. The highest BCUT2D eigenvalue weighted by atomic mass is 79.9. The van der Waals surface area contributed by atoms with Gasteiger partial charge in [-0.05, 0) is 35.7 Å². The summed E-state index contributed by atoms with van der Waals surface area (Å²) in [5.74, 6) is 1.05. The van der Waals surface area contributed by atoms with E-state index in [1.807, 2.05) is 13.0 Å². The van der Waals surface area contributed by atoms with E-state index < -0.39 is 0 Å². The summed E-state index contributed by atoms with van der Waals surface area (Å²) >= 11 is 3.31. The first-order valence-corrected chi connectivity index (χ1v) is 5.31. The van der Waals surface area contributed by atoms with Crippen molar-refractivity contribution < 1.29 is 0 Å². The lowest BCUT2D eigenvalue weighted by molar-refractivity contribution is 0.910. The van der Waals surface area contributed by atoms with E-state index in [-0.39, 0.29) is 0 Å². The largest absolute Gasteiger partial charge is 0.356 e. The number of nitrogens with zero attached hydrogens (tertiary/aromatic N) is 3. The zero-order valence-electron chi connectivity index (χ0n) is 7.63. The van der Waals surface area contributed by atoms with E-state index in [0.717, 1.165) is 24.6 Å². The molecule has 0 spiro atoms. The third-order valence-corrected chi connectivity index (χ3v) is 2.60. The Morgan fingerprint density at radius 2 is 2.00 bits per heavy atom. The summed E-state index contributed by atoms with van der Waals surface area (Å²) in [6.07, 6.45) is 2.56. The van der Waals surface area contributed by atoms with Gasteiger partial charge in [0.25, 0.3) is 0 Å². The van der Waals surface area contributed by atoms with Crippen LogP contribution in [0.15, 0.2) is 10.8 Å². The quantitative estimate of drug-likeness (QED) is 0.706. The van der Waals surface area contributed by atoms with Gasteiger partial charge in [-0.2, -0.15) is 0 Å². The Morgan fingerprint density at radius 1 is 1.31 bits per heavy atom. The fourth-order valence-corrected chi connectivity index (χ4v) is 2.09. The highest BCUT2D eigenvalue weighted by molar-refractivity contribution is 9.10.